The summed E-state index contributed by atoms with van der Waals surface area (Å²) in [7, 11) is 3.54. The molecule has 1 aromatic carbocycles. The molecule has 0 aliphatic heterocycles. The van der Waals surface area contributed by atoms with Crippen molar-refractivity contribution in [3.05, 3.63) is 46.3 Å². The number of benzene rings is 1. The van der Waals surface area contributed by atoms with Crippen molar-refractivity contribution in [2.75, 3.05) is 7.11 Å². The fraction of sp³-hybridized carbons (Fsp3) is 0.438. The van der Waals surface area contributed by atoms with Crippen LogP contribution in [0.2, 0.25) is 0 Å². The molecule has 1 heterocycles. The molecule has 4 heteroatoms. The number of aromatic nitrogens is 2. The van der Waals surface area contributed by atoms with E-state index in [1.807, 2.05) is 46.1 Å². The first-order chi connectivity index (χ1) is 9.47. The van der Waals surface area contributed by atoms with Gasteiger partial charge in [-0.2, -0.15) is 5.10 Å². The predicted molar refractivity (Wildman–Crippen MR) is 79.1 cm³/mol. The van der Waals surface area contributed by atoms with Gasteiger partial charge < -0.3 is 9.84 Å². The second kappa shape index (κ2) is 5.67. The van der Waals surface area contributed by atoms with E-state index in [9.17, 15) is 5.11 Å². The number of hydrogen-bond acceptors (Lipinski definition) is 3. The molecule has 20 heavy (non-hydrogen) atoms. The molecule has 2 aromatic rings. The molecule has 0 bridgehead atoms. The third-order valence-electron chi connectivity index (χ3n) is 3.65. The van der Waals surface area contributed by atoms with Gasteiger partial charge in [0.05, 0.1) is 12.8 Å². The number of ether oxygens (including phenoxy) is 1. The fourth-order valence-electron chi connectivity index (χ4n) is 2.55. The van der Waals surface area contributed by atoms with Crippen molar-refractivity contribution >= 4 is 0 Å². The van der Waals surface area contributed by atoms with Crippen LogP contribution in [0.5, 0.6) is 5.75 Å². The van der Waals surface area contributed by atoms with Gasteiger partial charge in [0, 0.05) is 18.8 Å². The van der Waals surface area contributed by atoms with E-state index in [0.717, 1.165) is 40.1 Å². The van der Waals surface area contributed by atoms with Crippen molar-refractivity contribution in [1.82, 2.24) is 9.78 Å². The zero-order valence-electron chi connectivity index (χ0n) is 12.8. The third kappa shape index (κ3) is 2.56. The molecule has 0 spiro atoms. The van der Waals surface area contributed by atoms with Crippen LogP contribution in [-0.4, -0.2) is 22.0 Å². The second-order valence-corrected chi connectivity index (χ2v) is 5.14. The number of aryl methyl sites for hydroxylation is 4. The lowest BCUT2D eigenvalue weighted by Gasteiger charge is -2.16. The maximum absolute atomic E-state index is 10.7. The zero-order valence-corrected chi connectivity index (χ0v) is 12.8. The zero-order chi connectivity index (χ0) is 14.9. The molecule has 108 valence electrons. The van der Waals surface area contributed by atoms with Gasteiger partial charge in [-0.1, -0.05) is 6.92 Å². The van der Waals surface area contributed by atoms with Crippen molar-refractivity contribution in [2.24, 2.45) is 7.05 Å². The van der Waals surface area contributed by atoms with E-state index in [4.69, 9.17) is 4.74 Å². The summed E-state index contributed by atoms with van der Waals surface area (Å²) in [5.41, 5.74) is 4.77. The van der Waals surface area contributed by atoms with Crippen LogP contribution in [0.3, 0.4) is 0 Å². The van der Waals surface area contributed by atoms with Crippen LogP contribution in [0, 0.1) is 13.8 Å². The SMILES string of the molecule is CCc1nn(C)cc1C(O)c1cc(C)c(OC)cc1C. The van der Waals surface area contributed by atoms with Crippen molar-refractivity contribution in [1.29, 1.82) is 0 Å². The van der Waals surface area contributed by atoms with Gasteiger partial charge in [-0.3, -0.25) is 4.68 Å². The Morgan fingerprint density at radius 1 is 1.25 bits per heavy atom. The van der Waals surface area contributed by atoms with Crippen molar-refractivity contribution < 1.29 is 9.84 Å². The third-order valence-corrected chi connectivity index (χ3v) is 3.65. The summed E-state index contributed by atoms with van der Waals surface area (Å²) in [6.07, 6.45) is 2.05. The number of aliphatic hydroxyl groups is 1. The average molecular weight is 274 g/mol. The van der Waals surface area contributed by atoms with E-state index in [1.165, 1.54) is 0 Å². The van der Waals surface area contributed by atoms with E-state index in [-0.39, 0.29) is 0 Å². The fourth-order valence-corrected chi connectivity index (χ4v) is 2.55. The molecule has 1 unspecified atom stereocenters. The maximum atomic E-state index is 10.7. The summed E-state index contributed by atoms with van der Waals surface area (Å²) in [5, 5.41) is 15.1. The Kier molecular flexibility index (Phi) is 4.14. The molecule has 0 saturated heterocycles. The molecule has 0 fully saturated rings. The number of hydrogen-bond donors (Lipinski definition) is 1. The van der Waals surface area contributed by atoms with Crippen LogP contribution in [0.25, 0.3) is 0 Å². The summed E-state index contributed by atoms with van der Waals surface area (Å²) in [6.45, 7) is 6.02. The van der Waals surface area contributed by atoms with E-state index < -0.39 is 6.10 Å². The normalized spacial score (nSPS) is 12.5. The monoisotopic (exact) mass is 274 g/mol. The second-order valence-electron chi connectivity index (χ2n) is 5.14. The number of rotatable bonds is 4. The summed E-state index contributed by atoms with van der Waals surface area (Å²) in [6, 6.07) is 3.96. The van der Waals surface area contributed by atoms with Gasteiger partial charge in [0.1, 0.15) is 11.9 Å². The molecule has 4 nitrogen and oxygen atoms in total. The molecular formula is C16H22N2O2. The van der Waals surface area contributed by atoms with Crippen LogP contribution in [-0.2, 0) is 13.5 Å². The summed E-state index contributed by atoms with van der Waals surface area (Å²) >= 11 is 0. The van der Waals surface area contributed by atoms with Crippen molar-refractivity contribution in [3.63, 3.8) is 0 Å². The highest BCUT2D eigenvalue weighted by atomic mass is 16.5. The van der Waals surface area contributed by atoms with Crippen LogP contribution in [0.4, 0.5) is 0 Å². The molecule has 0 radical (unpaired) electrons. The standard InChI is InChI=1S/C16H22N2O2/c1-6-14-13(9-18(4)17-14)16(19)12-7-11(3)15(20-5)8-10(12)2/h7-9,16,19H,6H2,1-5H3. The van der Waals surface area contributed by atoms with Crippen molar-refractivity contribution in [2.45, 2.75) is 33.3 Å². The predicted octanol–water partition coefficient (Wildman–Crippen LogP) is 2.69. The van der Waals surface area contributed by atoms with Gasteiger partial charge in [0.2, 0.25) is 0 Å². The van der Waals surface area contributed by atoms with Gasteiger partial charge in [-0.15, -0.1) is 0 Å². The topological polar surface area (TPSA) is 47.3 Å². The molecule has 1 N–H and O–H groups in total. The first-order valence-electron chi connectivity index (χ1n) is 6.83. The lowest BCUT2D eigenvalue weighted by Crippen LogP contribution is -2.05. The minimum atomic E-state index is -0.650. The Hall–Kier alpha value is -1.81. The number of nitrogens with zero attached hydrogens (tertiary/aromatic N) is 2. The van der Waals surface area contributed by atoms with E-state index >= 15 is 0 Å². The van der Waals surface area contributed by atoms with Gasteiger partial charge in [-0.25, -0.2) is 0 Å². The summed E-state index contributed by atoms with van der Waals surface area (Å²) in [5.74, 6) is 0.848. The summed E-state index contributed by atoms with van der Waals surface area (Å²) in [4.78, 5) is 0. The Morgan fingerprint density at radius 3 is 2.55 bits per heavy atom. The Bertz CT molecular complexity index is 617. The molecular weight excluding hydrogens is 252 g/mol. The van der Waals surface area contributed by atoms with E-state index in [1.54, 1.807) is 11.8 Å². The van der Waals surface area contributed by atoms with Crippen LogP contribution < -0.4 is 4.74 Å². The molecule has 0 aliphatic rings. The molecule has 1 atom stereocenters. The van der Waals surface area contributed by atoms with Gasteiger partial charge in [-0.05, 0) is 49.1 Å². The first kappa shape index (κ1) is 14.6. The maximum Gasteiger partial charge on any atom is 0.122 e. The highest BCUT2D eigenvalue weighted by Gasteiger charge is 2.20. The van der Waals surface area contributed by atoms with E-state index in [0.29, 0.717) is 0 Å². The Morgan fingerprint density at radius 2 is 1.95 bits per heavy atom. The molecule has 1 aromatic heterocycles. The molecule has 2 rings (SSSR count). The minimum absolute atomic E-state index is 0.650. The lowest BCUT2D eigenvalue weighted by atomic mass is 9.95. The molecule has 0 aliphatic carbocycles. The largest absolute Gasteiger partial charge is 0.496 e. The van der Waals surface area contributed by atoms with Crippen molar-refractivity contribution in [3.8, 4) is 5.75 Å². The Balaban J connectivity index is 2.47. The number of aliphatic hydroxyl groups excluding tert-OH is 1. The average Bonchev–Trinajstić information content (AvgIpc) is 2.81. The highest BCUT2D eigenvalue weighted by molar-refractivity contribution is 5.45. The molecule has 0 amide bonds. The molecule has 0 saturated carbocycles. The van der Waals surface area contributed by atoms with Crippen LogP contribution in [0.1, 0.15) is 41.0 Å². The van der Waals surface area contributed by atoms with Crippen LogP contribution in [0.15, 0.2) is 18.3 Å². The minimum Gasteiger partial charge on any atom is -0.496 e. The van der Waals surface area contributed by atoms with Gasteiger partial charge in [0.25, 0.3) is 0 Å². The first-order valence-corrected chi connectivity index (χ1v) is 6.83. The quantitative estimate of drug-likeness (QED) is 0.932. The highest BCUT2D eigenvalue weighted by Crippen LogP contribution is 2.31. The van der Waals surface area contributed by atoms with Gasteiger partial charge >= 0.3 is 0 Å². The van der Waals surface area contributed by atoms with E-state index in [2.05, 4.69) is 5.10 Å². The summed E-state index contributed by atoms with van der Waals surface area (Å²) < 4.78 is 7.07. The smallest absolute Gasteiger partial charge is 0.122 e. The Labute approximate surface area is 120 Å². The van der Waals surface area contributed by atoms with Crippen LogP contribution >= 0.6 is 0 Å². The number of methoxy groups -OCH3 is 1. The van der Waals surface area contributed by atoms with Gasteiger partial charge in [0.15, 0.2) is 0 Å². The lowest BCUT2D eigenvalue weighted by molar-refractivity contribution is 0.218.